The standard InChI is InChI=1S/C25H28N2O5.C14H22O2.C11H6N2O3/c1-2-19(20-7-4-3-5-8-20)9-6-16-31-17-18-32-25(30)26-21-10-12-22(13-11-21)27-23(28)14-15-24(27)29;1-2-13(9-6-11-16-12-10-15)14-7-4-3-5-8-14;14-7-12-8-1-3-9(4-2-8)13-10(15)5-6-11(13)16/h3-5,7-8,10-15,19H,2,6,9,16-18H2,1H3,(H,26,30);3-5,7-8,13,15H,2,6,9-12H2,1H3;1-6H. The van der Waals surface area contributed by atoms with E-state index >= 15 is 0 Å². The highest BCUT2D eigenvalue weighted by Crippen LogP contribution is 2.26. The number of benzene rings is 4. The van der Waals surface area contributed by atoms with E-state index in [1.54, 1.807) is 36.4 Å². The van der Waals surface area contributed by atoms with Gasteiger partial charge in [-0.3, -0.25) is 24.5 Å². The summed E-state index contributed by atoms with van der Waals surface area (Å²) in [6.07, 6.45) is 12.2. The first-order valence-electron chi connectivity index (χ1n) is 21.4. The number of amides is 5. The molecule has 4 aromatic carbocycles. The first-order valence-corrected chi connectivity index (χ1v) is 21.4. The number of rotatable bonds is 21. The van der Waals surface area contributed by atoms with Crippen molar-refractivity contribution in [1.29, 1.82) is 0 Å². The molecule has 0 fully saturated rings. The molecule has 0 saturated carbocycles. The zero-order chi connectivity index (χ0) is 45.9. The van der Waals surface area contributed by atoms with Crippen LogP contribution in [0.4, 0.5) is 27.5 Å². The number of carbonyl (C=O) groups excluding carboxylic acids is 6. The first kappa shape index (κ1) is 49.8. The number of anilines is 3. The van der Waals surface area contributed by atoms with Crippen LogP contribution in [0.5, 0.6) is 0 Å². The number of nitrogens with one attached hydrogen (secondary N) is 1. The van der Waals surface area contributed by atoms with Crippen LogP contribution in [0.15, 0.2) is 138 Å². The van der Waals surface area contributed by atoms with Crippen LogP contribution in [-0.4, -0.2) is 80.5 Å². The lowest BCUT2D eigenvalue weighted by Crippen LogP contribution is -2.29. The SMILES string of the molecule is CCC(CCCOCCO)c1ccccc1.CCC(CCCOCCOC(=O)Nc1ccc(N2C(=O)C=CC2=O)cc1)c1ccccc1.O=C=Nc1ccc(N2C(=O)C=CC2=O)cc1. The van der Waals surface area contributed by atoms with Crippen molar-refractivity contribution in [3.8, 4) is 0 Å². The van der Waals surface area contributed by atoms with E-state index in [1.807, 2.05) is 6.07 Å². The highest BCUT2D eigenvalue weighted by molar-refractivity contribution is 6.28. The molecular formula is C50H56N4O10. The van der Waals surface area contributed by atoms with Gasteiger partial charge < -0.3 is 19.3 Å². The van der Waals surface area contributed by atoms with E-state index in [4.69, 9.17) is 19.3 Å². The average molecular weight is 873 g/mol. The third kappa shape index (κ3) is 16.5. The van der Waals surface area contributed by atoms with E-state index in [9.17, 15) is 28.8 Å². The van der Waals surface area contributed by atoms with Crippen LogP contribution < -0.4 is 15.1 Å². The fourth-order valence-electron chi connectivity index (χ4n) is 6.88. The number of hydrogen-bond acceptors (Lipinski definition) is 11. The number of aliphatic hydroxyl groups excluding tert-OH is 1. The Morgan fingerprint density at radius 3 is 1.47 bits per heavy atom. The number of aliphatic imine (C=N–C) groups is 1. The molecule has 0 radical (unpaired) electrons. The molecule has 0 bridgehead atoms. The normalized spacial score (nSPS) is 13.7. The van der Waals surface area contributed by atoms with Crippen molar-refractivity contribution < 1.29 is 48.1 Å². The summed E-state index contributed by atoms with van der Waals surface area (Å²) in [5.41, 5.74) is 4.59. The second-order valence-electron chi connectivity index (χ2n) is 14.5. The Morgan fingerprint density at radius 2 is 1.05 bits per heavy atom. The Bertz CT molecular complexity index is 2150. The molecule has 2 unspecified atom stereocenters. The minimum atomic E-state index is -0.591. The van der Waals surface area contributed by atoms with Crippen molar-refractivity contribution in [2.24, 2.45) is 4.99 Å². The average Bonchev–Trinajstić information content (AvgIpc) is 3.84. The number of aliphatic hydroxyl groups is 1. The van der Waals surface area contributed by atoms with Crippen LogP contribution in [0.1, 0.15) is 75.3 Å². The molecule has 0 saturated heterocycles. The molecule has 14 heteroatoms. The van der Waals surface area contributed by atoms with E-state index in [0.29, 0.717) is 54.4 Å². The molecule has 2 N–H and O–H groups in total. The van der Waals surface area contributed by atoms with E-state index in [1.165, 1.54) is 60.1 Å². The largest absolute Gasteiger partial charge is 0.447 e. The Labute approximate surface area is 374 Å². The maximum atomic E-state index is 11.9. The number of hydrogen-bond donors (Lipinski definition) is 2. The first-order chi connectivity index (χ1) is 31.2. The molecule has 2 atom stereocenters. The molecule has 5 amide bonds. The predicted octanol–water partition coefficient (Wildman–Crippen LogP) is 8.71. The van der Waals surface area contributed by atoms with Gasteiger partial charge in [0.15, 0.2) is 0 Å². The summed E-state index contributed by atoms with van der Waals surface area (Å²) in [7, 11) is 0. The van der Waals surface area contributed by atoms with Gasteiger partial charge in [0.1, 0.15) is 6.61 Å². The van der Waals surface area contributed by atoms with Crippen LogP contribution in [0.2, 0.25) is 0 Å². The van der Waals surface area contributed by atoms with Crippen LogP contribution in [0, 0.1) is 0 Å². The molecule has 0 aromatic heterocycles. The van der Waals surface area contributed by atoms with Crippen LogP contribution in [-0.2, 0) is 38.2 Å². The van der Waals surface area contributed by atoms with Crippen molar-refractivity contribution in [1.82, 2.24) is 0 Å². The van der Waals surface area contributed by atoms with Crippen molar-refractivity contribution in [3.05, 3.63) is 145 Å². The van der Waals surface area contributed by atoms with E-state index in [0.717, 1.165) is 48.5 Å². The summed E-state index contributed by atoms with van der Waals surface area (Å²) in [6, 6.07) is 33.6. The molecule has 2 aliphatic rings. The summed E-state index contributed by atoms with van der Waals surface area (Å²) in [6.45, 7) is 6.87. The summed E-state index contributed by atoms with van der Waals surface area (Å²) in [4.78, 5) is 73.4. The van der Waals surface area contributed by atoms with E-state index in [-0.39, 0.29) is 36.8 Å². The van der Waals surface area contributed by atoms with Crippen molar-refractivity contribution in [2.75, 3.05) is 54.8 Å². The van der Waals surface area contributed by atoms with Gasteiger partial charge in [-0.25, -0.2) is 19.4 Å². The summed E-state index contributed by atoms with van der Waals surface area (Å²) in [5, 5.41) is 11.2. The van der Waals surface area contributed by atoms with Crippen LogP contribution >= 0.6 is 0 Å². The quantitative estimate of drug-likeness (QED) is 0.0356. The molecule has 336 valence electrons. The summed E-state index contributed by atoms with van der Waals surface area (Å²) in [5.74, 6) is -0.362. The zero-order valence-electron chi connectivity index (χ0n) is 36.3. The maximum Gasteiger partial charge on any atom is 0.411 e. The Kier molecular flexibility index (Phi) is 21.8. The number of imide groups is 2. The highest BCUT2D eigenvalue weighted by atomic mass is 16.6. The molecule has 2 heterocycles. The number of nitrogens with zero attached hydrogens (tertiary/aromatic N) is 3. The maximum absolute atomic E-state index is 11.9. The molecule has 64 heavy (non-hydrogen) atoms. The Balaban J connectivity index is 0.000000234. The van der Waals surface area contributed by atoms with Gasteiger partial charge in [0.2, 0.25) is 6.08 Å². The molecule has 4 aromatic rings. The van der Waals surface area contributed by atoms with Crippen LogP contribution in [0.25, 0.3) is 0 Å². The minimum absolute atomic E-state index is 0.121. The zero-order valence-corrected chi connectivity index (χ0v) is 36.3. The molecule has 6 rings (SSSR count). The smallest absolute Gasteiger partial charge is 0.411 e. The number of carbonyl (C=O) groups is 5. The van der Waals surface area contributed by atoms with Gasteiger partial charge in [0, 0.05) is 43.2 Å². The Morgan fingerprint density at radius 1 is 0.609 bits per heavy atom. The third-order valence-electron chi connectivity index (χ3n) is 10.2. The van der Waals surface area contributed by atoms with E-state index < -0.39 is 6.09 Å². The van der Waals surface area contributed by atoms with Crippen molar-refractivity contribution >= 4 is 58.6 Å². The fourth-order valence-corrected chi connectivity index (χ4v) is 6.88. The second kappa shape index (κ2) is 28.0. The lowest BCUT2D eigenvalue weighted by atomic mass is 9.92. The van der Waals surface area contributed by atoms with Crippen LogP contribution in [0.3, 0.4) is 0 Å². The highest BCUT2D eigenvalue weighted by Gasteiger charge is 2.26. The lowest BCUT2D eigenvalue weighted by molar-refractivity contribution is -0.121. The Hall–Kier alpha value is -6.83. The van der Waals surface area contributed by atoms with Crippen molar-refractivity contribution in [3.63, 3.8) is 0 Å². The van der Waals surface area contributed by atoms with Gasteiger partial charge >= 0.3 is 6.09 Å². The van der Waals surface area contributed by atoms with Gasteiger partial charge in [0.05, 0.1) is 36.9 Å². The lowest BCUT2D eigenvalue weighted by Gasteiger charge is -2.15. The fraction of sp³-hybridized carbons (Fsp3) is 0.320. The van der Waals surface area contributed by atoms with Crippen molar-refractivity contribution in [2.45, 2.75) is 64.2 Å². The number of isocyanates is 1. The molecule has 0 aliphatic carbocycles. The molecule has 0 spiro atoms. The monoisotopic (exact) mass is 872 g/mol. The predicted molar refractivity (Wildman–Crippen MR) is 245 cm³/mol. The molecule has 2 aliphatic heterocycles. The molecular weight excluding hydrogens is 817 g/mol. The topological polar surface area (TPSA) is 181 Å². The van der Waals surface area contributed by atoms with Gasteiger partial charge in [0.25, 0.3) is 23.6 Å². The number of ether oxygens (including phenoxy) is 3. The van der Waals surface area contributed by atoms with Gasteiger partial charge in [-0.2, -0.15) is 4.99 Å². The molecule has 14 nitrogen and oxygen atoms in total. The second-order valence-corrected chi connectivity index (χ2v) is 14.5. The van der Waals surface area contributed by atoms with Gasteiger partial charge in [-0.1, -0.05) is 74.5 Å². The van der Waals surface area contributed by atoms with Gasteiger partial charge in [-0.15, -0.1) is 0 Å². The third-order valence-corrected chi connectivity index (χ3v) is 10.2. The summed E-state index contributed by atoms with van der Waals surface area (Å²) >= 11 is 0. The van der Waals surface area contributed by atoms with Gasteiger partial charge in [-0.05, 0) is 110 Å². The summed E-state index contributed by atoms with van der Waals surface area (Å²) < 4.78 is 16.0. The van der Waals surface area contributed by atoms with E-state index in [2.05, 4.69) is 78.8 Å². The minimum Gasteiger partial charge on any atom is -0.447 e.